The van der Waals surface area contributed by atoms with Crippen LogP contribution in [0.2, 0.25) is 0 Å². The zero-order chi connectivity index (χ0) is 23.3. The Kier molecular flexibility index (Phi) is 5.44. The van der Waals surface area contributed by atoms with Crippen molar-refractivity contribution in [3.8, 4) is 17.0 Å². The lowest BCUT2D eigenvalue weighted by Gasteiger charge is -2.25. The van der Waals surface area contributed by atoms with Crippen molar-refractivity contribution >= 4 is 16.8 Å². The number of hydrogen-bond acceptors (Lipinski definition) is 5. The maximum absolute atomic E-state index is 13.8. The molecule has 3 heterocycles. The van der Waals surface area contributed by atoms with E-state index < -0.39 is 18.1 Å². The summed E-state index contributed by atoms with van der Waals surface area (Å²) in [5, 5.41) is 8.87. The van der Waals surface area contributed by atoms with Crippen LogP contribution in [0.15, 0.2) is 35.3 Å². The van der Waals surface area contributed by atoms with Gasteiger partial charge in [0.25, 0.3) is 11.5 Å². The van der Waals surface area contributed by atoms with E-state index in [1.807, 2.05) is 18.5 Å². The Morgan fingerprint density at radius 1 is 1.30 bits per heavy atom. The van der Waals surface area contributed by atoms with Crippen molar-refractivity contribution in [3.05, 3.63) is 46.4 Å². The molecule has 1 aromatic carbocycles. The highest BCUT2D eigenvalue weighted by Crippen LogP contribution is 2.39. The van der Waals surface area contributed by atoms with Crippen LogP contribution in [0.1, 0.15) is 55.6 Å². The highest BCUT2D eigenvalue weighted by Gasteiger charge is 2.40. The standard InChI is InChI=1S/C24H28FN5O3/c1-13(2)33-21-12-19-16(10-17(21)23(26)31)22(30(28-19)14-5-7-27-8-6-14)15-4-3-9-29(24(15)32)20-11-18(20)25/h3-4,9-10,12-14,18,20,27H,5-8,11H2,1-2H3,(H2,26,31)/t18-,20+/m1/s1. The third kappa shape index (κ3) is 3.90. The van der Waals surface area contributed by atoms with Gasteiger partial charge in [0.05, 0.1) is 40.5 Å². The van der Waals surface area contributed by atoms with Crippen LogP contribution in [0.5, 0.6) is 5.75 Å². The first kappa shape index (κ1) is 21.6. The third-order valence-electron chi connectivity index (χ3n) is 6.35. The van der Waals surface area contributed by atoms with Gasteiger partial charge in [0, 0.05) is 24.1 Å². The SMILES string of the molecule is CC(C)Oc1cc2nn(C3CCNCC3)c(-c3cccn([C@H]4C[C@H]4F)c3=O)c2cc1C(N)=O. The Labute approximate surface area is 190 Å². The number of halogens is 1. The molecular weight excluding hydrogens is 425 g/mol. The van der Waals surface area contributed by atoms with Gasteiger partial charge in [0.1, 0.15) is 11.9 Å². The van der Waals surface area contributed by atoms with Gasteiger partial charge >= 0.3 is 0 Å². The van der Waals surface area contributed by atoms with Crippen molar-refractivity contribution in [1.82, 2.24) is 19.7 Å². The number of rotatable bonds is 6. The number of primary amides is 1. The van der Waals surface area contributed by atoms with E-state index in [-0.39, 0.29) is 23.3 Å². The van der Waals surface area contributed by atoms with E-state index in [0.29, 0.717) is 34.3 Å². The summed E-state index contributed by atoms with van der Waals surface area (Å²) in [6.45, 7) is 5.44. The number of carbonyl (C=O) groups excluding carboxylic acids is 1. The molecule has 174 valence electrons. The second-order valence-electron chi connectivity index (χ2n) is 9.12. The lowest BCUT2D eigenvalue weighted by atomic mass is 10.0. The molecule has 1 aliphatic carbocycles. The smallest absolute Gasteiger partial charge is 0.260 e. The Bertz CT molecular complexity index is 1280. The molecule has 0 unspecified atom stereocenters. The lowest BCUT2D eigenvalue weighted by Crippen LogP contribution is -2.30. The maximum atomic E-state index is 13.8. The Morgan fingerprint density at radius 2 is 2.03 bits per heavy atom. The van der Waals surface area contributed by atoms with Gasteiger partial charge in [-0.2, -0.15) is 5.10 Å². The van der Waals surface area contributed by atoms with Gasteiger partial charge in [-0.05, 0) is 58.0 Å². The number of nitrogens with zero attached hydrogens (tertiary/aromatic N) is 3. The van der Waals surface area contributed by atoms with Crippen molar-refractivity contribution < 1.29 is 13.9 Å². The molecule has 0 radical (unpaired) electrons. The molecule has 1 aliphatic heterocycles. The first-order chi connectivity index (χ1) is 15.8. The average Bonchev–Trinajstić information content (AvgIpc) is 3.39. The fraction of sp³-hybridized carbons (Fsp3) is 0.458. The number of hydrogen-bond donors (Lipinski definition) is 2. The number of nitrogens with one attached hydrogen (secondary N) is 1. The Balaban J connectivity index is 1.76. The van der Waals surface area contributed by atoms with Gasteiger partial charge < -0.3 is 20.4 Å². The molecule has 1 saturated carbocycles. The summed E-state index contributed by atoms with van der Waals surface area (Å²) in [4.78, 5) is 25.7. The zero-order valence-electron chi connectivity index (χ0n) is 18.8. The molecule has 1 amide bonds. The summed E-state index contributed by atoms with van der Waals surface area (Å²) in [6.07, 6.45) is 2.54. The number of nitrogens with two attached hydrogens (primary N) is 1. The van der Waals surface area contributed by atoms with Gasteiger partial charge in [0.2, 0.25) is 0 Å². The molecule has 8 nitrogen and oxygen atoms in total. The Hall–Kier alpha value is -3.20. The van der Waals surface area contributed by atoms with Crippen LogP contribution < -0.4 is 21.3 Å². The fourth-order valence-electron chi connectivity index (χ4n) is 4.65. The van der Waals surface area contributed by atoms with Gasteiger partial charge in [-0.25, -0.2) is 4.39 Å². The number of carbonyl (C=O) groups is 1. The Morgan fingerprint density at radius 3 is 2.67 bits per heavy atom. The van der Waals surface area contributed by atoms with E-state index in [1.165, 1.54) is 4.57 Å². The summed E-state index contributed by atoms with van der Waals surface area (Å²) >= 11 is 0. The van der Waals surface area contributed by atoms with Crippen molar-refractivity contribution in [3.63, 3.8) is 0 Å². The molecular formula is C24H28FN5O3. The number of ether oxygens (including phenoxy) is 1. The van der Waals surface area contributed by atoms with E-state index in [9.17, 15) is 14.0 Å². The van der Waals surface area contributed by atoms with Gasteiger partial charge in [-0.3, -0.25) is 14.3 Å². The predicted octanol–water partition coefficient (Wildman–Crippen LogP) is 2.96. The second kappa shape index (κ2) is 8.30. The monoisotopic (exact) mass is 453 g/mol. The number of aromatic nitrogens is 3. The highest BCUT2D eigenvalue weighted by molar-refractivity contribution is 6.03. The fourth-order valence-corrected chi connectivity index (χ4v) is 4.65. The van der Waals surface area contributed by atoms with E-state index >= 15 is 0 Å². The number of pyridine rings is 1. The largest absolute Gasteiger partial charge is 0.490 e. The molecule has 0 spiro atoms. The van der Waals surface area contributed by atoms with Gasteiger partial charge in [0.15, 0.2) is 0 Å². The van der Waals surface area contributed by atoms with Crippen LogP contribution in [0.3, 0.4) is 0 Å². The van der Waals surface area contributed by atoms with Crippen LogP contribution in [0.4, 0.5) is 4.39 Å². The first-order valence-corrected chi connectivity index (χ1v) is 11.4. The molecule has 0 bridgehead atoms. The lowest BCUT2D eigenvalue weighted by molar-refractivity contribution is 0.0995. The van der Waals surface area contributed by atoms with Crippen molar-refractivity contribution in [2.45, 2.75) is 57.5 Å². The van der Waals surface area contributed by atoms with E-state index in [1.54, 1.807) is 30.5 Å². The van der Waals surface area contributed by atoms with Crippen molar-refractivity contribution in [1.29, 1.82) is 0 Å². The molecule has 33 heavy (non-hydrogen) atoms. The first-order valence-electron chi connectivity index (χ1n) is 11.4. The van der Waals surface area contributed by atoms with Gasteiger partial charge in [-0.15, -0.1) is 0 Å². The molecule has 5 rings (SSSR count). The summed E-state index contributed by atoms with van der Waals surface area (Å²) < 4.78 is 23.0. The average molecular weight is 454 g/mol. The van der Waals surface area contributed by atoms with Crippen molar-refractivity contribution in [2.75, 3.05) is 13.1 Å². The minimum Gasteiger partial charge on any atom is -0.490 e. The second-order valence-corrected chi connectivity index (χ2v) is 9.12. The topological polar surface area (TPSA) is 104 Å². The number of fused-ring (bicyclic) bond motifs is 1. The van der Waals surface area contributed by atoms with Crippen LogP contribution in [0, 0.1) is 0 Å². The minimum atomic E-state index is -0.999. The van der Waals surface area contributed by atoms with Crippen LogP contribution in [-0.4, -0.2) is 45.6 Å². The molecule has 1 saturated heterocycles. The third-order valence-corrected chi connectivity index (χ3v) is 6.35. The predicted molar refractivity (Wildman–Crippen MR) is 123 cm³/mol. The van der Waals surface area contributed by atoms with Crippen LogP contribution in [0.25, 0.3) is 22.2 Å². The normalized spacial score (nSPS) is 21.0. The number of piperidine rings is 1. The van der Waals surface area contributed by atoms with Crippen molar-refractivity contribution in [2.24, 2.45) is 5.73 Å². The van der Waals surface area contributed by atoms with E-state index in [0.717, 1.165) is 25.9 Å². The minimum absolute atomic E-state index is 0.0862. The highest BCUT2D eigenvalue weighted by atomic mass is 19.1. The molecule has 3 N–H and O–H groups in total. The van der Waals surface area contributed by atoms with Crippen LogP contribution in [-0.2, 0) is 0 Å². The molecule has 2 atom stereocenters. The molecule has 2 aromatic heterocycles. The summed E-state index contributed by atoms with van der Waals surface area (Å²) in [6, 6.07) is 6.55. The molecule has 2 fully saturated rings. The summed E-state index contributed by atoms with van der Waals surface area (Å²) in [5.41, 5.74) is 7.34. The molecule has 2 aliphatic rings. The summed E-state index contributed by atoms with van der Waals surface area (Å²) in [5.74, 6) is -0.243. The van der Waals surface area contributed by atoms with Gasteiger partial charge in [-0.1, -0.05) is 0 Å². The number of benzene rings is 1. The summed E-state index contributed by atoms with van der Waals surface area (Å²) in [7, 11) is 0. The van der Waals surface area contributed by atoms with E-state index in [2.05, 4.69) is 5.32 Å². The maximum Gasteiger partial charge on any atom is 0.260 e. The zero-order valence-corrected chi connectivity index (χ0v) is 18.8. The van der Waals surface area contributed by atoms with E-state index in [4.69, 9.17) is 15.6 Å². The van der Waals surface area contributed by atoms with Crippen LogP contribution >= 0.6 is 0 Å². The number of alkyl halides is 1. The number of amides is 1. The molecule has 3 aromatic rings. The quantitative estimate of drug-likeness (QED) is 0.597. The molecule has 9 heteroatoms.